The van der Waals surface area contributed by atoms with Crippen LogP contribution in [0.4, 0.5) is 0 Å². The number of benzene rings is 1. The van der Waals surface area contributed by atoms with Gasteiger partial charge in [0.15, 0.2) is 0 Å². The minimum atomic E-state index is -0.452. The van der Waals surface area contributed by atoms with Crippen LogP contribution in [-0.4, -0.2) is 26.2 Å². The van der Waals surface area contributed by atoms with E-state index in [-0.39, 0.29) is 5.97 Å². The second-order valence-corrected chi connectivity index (χ2v) is 4.69. The maximum Gasteiger partial charge on any atom is 0.316 e. The molecule has 92 valence electrons. The van der Waals surface area contributed by atoms with Crippen LogP contribution in [-0.2, 0) is 14.9 Å². The van der Waals surface area contributed by atoms with Gasteiger partial charge in [0.05, 0.1) is 12.5 Å². The van der Waals surface area contributed by atoms with Crippen LogP contribution in [0.25, 0.3) is 0 Å². The predicted molar refractivity (Wildman–Crippen MR) is 67.0 cm³/mol. The van der Waals surface area contributed by atoms with Gasteiger partial charge >= 0.3 is 5.97 Å². The molecular weight excluding hydrogens is 214 g/mol. The fourth-order valence-corrected chi connectivity index (χ4v) is 2.60. The van der Waals surface area contributed by atoms with Gasteiger partial charge in [-0.3, -0.25) is 4.79 Å². The highest BCUT2D eigenvalue weighted by Crippen LogP contribution is 2.35. The number of methoxy groups -OCH3 is 1. The molecule has 1 aliphatic rings. The molecule has 3 heteroatoms. The molecule has 1 aliphatic heterocycles. The lowest BCUT2D eigenvalue weighted by Gasteiger charge is -2.35. The highest BCUT2D eigenvalue weighted by Gasteiger charge is 2.42. The molecule has 0 aromatic heterocycles. The number of carbonyl (C=O) groups is 1. The maximum absolute atomic E-state index is 12.2. The molecule has 0 aliphatic carbocycles. The standard InChI is InChI=1S/C14H19NO2/c1-11-4-3-5-12(10-11)14(13(16)17-2)6-8-15-9-7-14/h3-5,10,15H,6-9H2,1-2H3. The average Bonchev–Trinajstić information content (AvgIpc) is 2.38. The lowest BCUT2D eigenvalue weighted by molar-refractivity contribution is -0.148. The van der Waals surface area contributed by atoms with Crippen molar-refractivity contribution in [1.29, 1.82) is 0 Å². The van der Waals surface area contributed by atoms with E-state index in [1.54, 1.807) is 0 Å². The van der Waals surface area contributed by atoms with E-state index < -0.39 is 5.41 Å². The predicted octanol–water partition coefficient (Wildman–Crippen LogP) is 1.79. The zero-order chi connectivity index (χ0) is 12.3. The van der Waals surface area contributed by atoms with Gasteiger partial charge < -0.3 is 10.1 Å². The number of rotatable bonds is 2. The van der Waals surface area contributed by atoms with Crippen molar-refractivity contribution in [2.24, 2.45) is 0 Å². The molecule has 0 amide bonds. The zero-order valence-electron chi connectivity index (χ0n) is 10.5. The van der Waals surface area contributed by atoms with Crippen molar-refractivity contribution in [2.45, 2.75) is 25.2 Å². The summed E-state index contributed by atoms with van der Waals surface area (Å²) in [5.41, 5.74) is 1.82. The highest BCUT2D eigenvalue weighted by atomic mass is 16.5. The number of hydrogen-bond acceptors (Lipinski definition) is 3. The first kappa shape index (κ1) is 12.1. The number of aryl methyl sites for hydroxylation is 1. The van der Waals surface area contributed by atoms with Crippen molar-refractivity contribution < 1.29 is 9.53 Å². The summed E-state index contributed by atoms with van der Waals surface area (Å²) < 4.78 is 5.02. The quantitative estimate of drug-likeness (QED) is 0.791. The van der Waals surface area contributed by atoms with Crippen LogP contribution in [0.2, 0.25) is 0 Å². The summed E-state index contributed by atoms with van der Waals surface area (Å²) in [6.07, 6.45) is 1.62. The normalized spacial score (nSPS) is 18.7. The molecule has 3 nitrogen and oxygen atoms in total. The van der Waals surface area contributed by atoms with Gasteiger partial charge in [0.25, 0.3) is 0 Å². The van der Waals surface area contributed by atoms with E-state index in [1.807, 2.05) is 12.1 Å². The Labute approximate surface area is 102 Å². The van der Waals surface area contributed by atoms with Gasteiger partial charge in [0, 0.05) is 0 Å². The van der Waals surface area contributed by atoms with Gasteiger partial charge in [0.2, 0.25) is 0 Å². The summed E-state index contributed by atoms with van der Waals surface area (Å²) >= 11 is 0. The Bertz CT molecular complexity index is 408. The summed E-state index contributed by atoms with van der Waals surface area (Å²) in [4.78, 5) is 12.2. The molecule has 0 saturated carbocycles. The number of esters is 1. The number of hydrogen-bond donors (Lipinski definition) is 1. The first-order valence-electron chi connectivity index (χ1n) is 6.05. The van der Waals surface area contributed by atoms with Crippen LogP contribution in [0.3, 0.4) is 0 Å². The average molecular weight is 233 g/mol. The largest absolute Gasteiger partial charge is 0.468 e. The van der Waals surface area contributed by atoms with E-state index in [2.05, 4.69) is 24.4 Å². The van der Waals surface area contributed by atoms with Gasteiger partial charge in [-0.05, 0) is 38.4 Å². The van der Waals surface area contributed by atoms with Crippen molar-refractivity contribution in [3.8, 4) is 0 Å². The van der Waals surface area contributed by atoms with Crippen LogP contribution in [0.5, 0.6) is 0 Å². The van der Waals surface area contributed by atoms with E-state index in [1.165, 1.54) is 12.7 Å². The Morgan fingerprint density at radius 2 is 2.06 bits per heavy atom. The van der Waals surface area contributed by atoms with E-state index in [0.717, 1.165) is 31.5 Å². The fraction of sp³-hybridized carbons (Fsp3) is 0.500. The van der Waals surface area contributed by atoms with Crippen LogP contribution in [0, 0.1) is 6.92 Å². The molecular formula is C14H19NO2. The molecule has 0 bridgehead atoms. The van der Waals surface area contributed by atoms with Crippen LogP contribution in [0.1, 0.15) is 24.0 Å². The molecule has 2 rings (SSSR count). The first-order valence-corrected chi connectivity index (χ1v) is 6.05. The van der Waals surface area contributed by atoms with E-state index in [4.69, 9.17) is 4.74 Å². The minimum Gasteiger partial charge on any atom is -0.468 e. The molecule has 1 saturated heterocycles. The highest BCUT2D eigenvalue weighted by molar-refractivity contribution is 5.83. The third-order valence-electron chi connectivity index (χ3n) is 3.60. The zero-order valence-corrected chi connectivity index (χ0v) is 10.5. The summed E-state index contributed by atoms with van der Waals surface area (Å²) in [7, 11) is 1.47. The third-order valence-corrected chi connectivity index (χ3v) is 3.60. The second-order valence-electron chi connectivity index (χ2n) is 4.69. The summed E-state index contributed by atoms with van der Waals surface area (Å²) in [6.45, 7) is 3.78. The van der Waals surface area contributed by atoms with Gasteiger partial charge in [0.1, 0.15) is 0 Å². The number of carbonyl (C=O) groups excluding carboxylic acids is 1. The van der Waals surface area contributed by atoms with E-state index in [0.29, 0.717) is 0 Å². The topological polar surface area (TPSA) is 38.3 Å². The minimum absolute atomic E-state index is 0.107. The number of piperidine rings is 1. The molecule has 1 aromatic rings. The van der Waals surface area contributed by atoms with Gasteiger partial charge in [-0.2, -0.15) is 0 Å². The van der Waals surface area contributed by atoms with E-state index >= 15 is 0 Å². The smallest absolute Gasteiger partial charge is 0.316 e. The van der Waals surface area contributed by atoms with Gasteiger partial charge in [-0.1, -0.05) is 29.8 Å². The first-order chi connectivity index (χ1) is 8.19. The van der Waals surface area contributed by atoms with Crippen LogP contribution in [0.15, 0.2) is 24.3 Å². The molecule has 0 spiro atoms. The van der Waals surface area contributed by atoms with Gasteiger partial charge in [-0.25, -0.2) is 0 Å². The Kier molecular flexibility index (Phi) is 3.48. The Morgan fingerprint density at radius 3 is 2.65 bits per heavy atom. The molecule has 1 heterocycles. The van der Waals surface area contributed by atoms with Crippen molar-refractivity contribution >= 4 is 5.97 Å². The Balaban J connectivity index is 2.42. The molecule has 0 atom stereocenters. The molecule has 1 fully saturated rings. The van der Waals surface area contributed by atoms with Crippen molar-refractivity contribution in [2.75, 3.05) is 20.2 Å². The fourth-order valence-electron chi connectivity index (χ4n) is 2.60. The molecule has 1 N–H and O–H groups in total. The molecule has 17 heavy (non-hydrogen) atoms. The lowest BCUT2D eigenvalue weighted by Crippen LogP contribution is -2.46. The van der Waals surface area contributed by atoms with Crippen LogP contribution < -0.4 is 5.32 Å². The summed E-state index contributed by atoms with van der Waals surface area (Å²) in [5.74, 6) is -0.107. The van der Waals surface area contributed by atoms with Crippen molar-refractivity contribution in [3.05, 3.63) is 35.4 Å². The van der Waals surface area contributed by atoms with Crippen molar-refractivity contribution in [1.82, 2.24) is 5.32 Å². The van der Waals surface area contributed by atoms with Crippen molar-refractivity contribution in [3.63, 3.8) is 0 Å². The van der Waals surface area contributed by atoms with E-state index in [9.17, 15) is 4.79 Å². The Morgan fingerprint density at radius 1 is 1.35 bits per heavy atom. The SMILES string of the molecule is COC(=O)C1(c2cccc(C)c2)CCNCC1. The molecule has 0 unspecified atom stereocenters. The lowest BCUT2D eigenvalue weighted by atomic mass is 9.73. The summed E-state index contributed by atoms with van der Waals surface area (Å²) in [6, 6.07) is 8.20. The Hall–Kier alpha value is -1.35. The molecule has 0 radical (unpaired) electrons. The summed E-state index contributed by atoms with van der Waals surface area (Å²) in [5, 5.41) is 3.30. The number of nitrogens with one attached hydrogen (secondary N) is 1. The third kappa shape index (κ3) is 2.20. The second kappa shape index (κ2) is 4.88. The maximum atomic E-state index is 12.2. The van der Waals surface area contributed by atoms with Gasteiger partial charge in [-0.15, -0.1) is 0 Å². The molecule has 1 aromatic carbocycles. The van der Waals surface area contributed by atoms with Crippen LogP contribution >= 0.6 is 0 Å². The number of ether oxygens (including phenoxy) is 1. The monoisotopic (exact) mass is 233 g/mol.